The lowest BCUT2D eigenvalue weighted by atomic mass is 10.2. The van der Waals surface area contributed by atoms with Crippen LogP contribution in [0.4, 0.5) is 0 Å². The second kappa shape index (κ2) is 4.90. The molecule has 16 heavy (non-hydrogen) atoms. The highest BCUT2D eigenvalue weighted by Gasteiger charge is 2.29. The summed E-state index contributed by atoms with van der Waals surface area (Å²) >= 11 is 1.40. The van der Waals surface area contributed by atoms with E-state index >= 15 is 0 Å². The first-order valence-corrected chi connectivity index (χ1v) is 6.20. The first-order valence-electron chi connectivity index (χ1n) is 5.32. The number of thiazole rings is 1. The van der Waals surface area contributed by atoms with Crippen LogP contribution in [0, 0.1) is 0 Å². The van der Waals surface area contributed by atoms with Crippen LogP contribution in [0.5, 0.6) is 0 Å². The summed E-state index contributed by atoms with van der Waals surface area (Å²) < 4.78 is 0. The molecule has 0 radical (unpaired) electrons. The minimum Gasteiger partial charge on any atom is -0.394 e. The molecule has 0 bridgehead atoms. The second-order valence-corrected chi connectivity index (χ2v) is 4.75. The Labute approximate surface area is 97.9 Å². The highest BCUT2D eigenvalue weighted by atomic mass is 32.1. The Morgan fingerprint density at radius 2 is 2.56 bits per heavy atom. The van der Waals surface area contributed by atoms with Crippen molar-refractivity contribution in [2.75, 3.05) is 13.2 Å². The van der Waals surface area contributed by atoms with E-state index in [1.807, 2.05) is 0 Å². The Hall–Kier alpha value is -0.980. The van der Waals surface area contributed by atoms with E-state index in [0.29, 0.717) is 18.8 Å². The molecule has 1 aromatic heterocycles. The van der Waals surface area contributed by atoms with Crippen molar-refractivity contribution in [1.29, 1.82) is 0 Å². The lowest BCUT2D eigenvalue weighted by molar-refractivity contribution is 0.0672. The minimum atomic E-state index is -0.0903. The second-order valence-electron chi connectivity index (χ2n) is 3.81. The van der Waals surface area contributed by atoms with Gasteiger partial charge < -0.3 is 15.7 Å². The molecule has 5 nitrogen and oxygen atoms in total. The van der Waals surface area contributed by atoms with Gasteiger partial charge in [0.1, 0.15) is 10.7 Å². The van der Waals surface area contributed by atoms with Gasteiger partial charge in [-0.2, -0.15) is 0 Å². The number of hydrogen-bond acceptors (Lipinski definition) is 5. The monoisotopic (exact) mass is 241 g/mol. The fraction of sp³-hybridized carbons (Fsp3) is 0.600. The smallest absolute Gasteiger partial charge is 0.273 e. The molecule has 0 spiro atoms. The van der Waals surface area contributed by atoms with Crippen LogP contribution in [-0.4, -0.2) is 40.1 Å². The van der Waals surface area contributed by atoms with Gasteiger partial charge in [-0.05, 0) is 12.8 Å². The number of likely N-dealkylation sites (tertiary alicyclic amines) is 1. The van der Waals surface area contributed by atoms with Crippen LogP contribution in [-0.2, 0) is 6.54 Å². The molecule has 1 atom stereocenters. The summed E-state index contributed by atoms with van der Waals surface area (Å²) in [5.41, 5.74) is 5.90. The lowest BCUT2D eigenvalue weighted by Gasteiger charge is -2.21. The lowest BCUT2D eigenvalue weighted by Crippen LogP contribution is -2.37. The van der Waals surface area contributed by atoms with Crippen LogP contribution < -0.4 is 5.73 Å². The summed E-state index contributed by atoms with van der Waals surface area (Å²) in [4.78, 5) is 17.9. The molecular weight excluding hydrogens is 226 g/mol. The number of aromatic nitrogens is 1. The van der Waals surface area contributed by atoms with Crippen molar-refractivity contribution < 1.29 is 9.90 Å². The van der Waals surface area contributed by atoms with Crippen molar-refractivity contribution in [3.8, 4) is 0 Å². The summed E-state index contributed by atoms with van der Waals surface area (Å²) in [5, 5.41) is 11.7. The zero-order valence-corrected chi connectivity index (χ0v) is 9.74. The van der Waals surface area contributed by atoms with Crippen LogP contribution >= 0.6 is 11.3 Å². The fourth-order valence-electron chi connectivity index (χ4n) is 1.94. The third-order valence-electron chi connectivity index (χ3n) is 2.79. The van der Waals surface area contributed by atoms with Crippen molar-refractivity contribution in [3.63, 3.8) is 0 Å². The summed E-state index contributed by atoms with van der Waals surface area (Å²) in [7, 11) is 0. The van der Waals surface area contributed by atoms with Gasteiger partial charge in [0, 0.05) is 18.5 Å². The number of hydrogen-bond donors (Lipinski definition) is 2. The Balaban J connectivity index is 2.12. The van der Waals surface area contributed by atoms with Crippen molar-refractivity contribution in [1.82, 2.24) is 9.88 Å². The SMILES string of the molecule is NCc1nc(C(=O)N2CCCC2CO)cs1. The van der Waals surface area contributed by atoms with E-state index in [1.165, 1.54) is 11.3 Å². The number of aliphatic hydroxyl groups is 1. The minimum absolute atomic E-state index is 0.0274. The van der Waals surface area contributed by atoms with Crippen molar-refractivity contribution in [3.05, 3.63) is 16.1 Å². The number of amides is 1. The maximum Gasteiger partial charge on any atom is 0.273 e. The zero-order valence-electron chi connectivity index (χ0n) is 8.93. The van der Waals surface area contributed by atoms with Crippen molar-refractivity contribution in [2.24, 2.45) is 5.73 Å². The maximum absolute atomic E-state index is 12.1. The van der Waals surface area contributed by atoms with Gasteiger partial charge in [-0.3, -0.25) is 4.79 Å². The summed E-state index contributed by atoms with van der Waals surface area (Å²) in [5.74, 6) is -0.0903. The average Bonchev–Trinajstić information content (AvgIpc) is 2.96. The van der Waals surface area contributed by atoms with E-state index in [4.69, 9.17) is 10.8 Å². The largest absolute Gasteiger partial charge is 0.394 e. The van der Waals surface area contributed by atoms with Crippen LogP contribution in [0.15, 0.2) is 5.38 Å². The fourth-order valence-corrected chi connectivity index (χ4v) is 2.59. The Morgan fingerprint density at radius 1 is 1.75 bits per heavy atom. The van der Waals surface area contributed by atoms with Gasteiger partial charge in [0.05, 0.1) is 12.6 Å². The Kier molecular flexibility index (Phi) is 3.52. The van der Waals surface area contributed by atoms with Crippen LogP contribution in [0.1, 0.15) is 28.3 Å². The molecule has 2 heterocycles. The van der Waals surface area contributed by atoms with Gasteiger partial charge in [0.25, 0.3) is 5.91 Å². The standard InChI is InChI=1S/C10H15N3O2S/c11-4-9-12-8(6-16-9)10(15)13-3-1-2-7(13)5-14/h6-7,14H,1-5,11H2. The Morgan fingerprint density at radius 3 is 3.19 bits per heavy atom. The molecule has 6 heteroatoms. The van der Waals surface area contributed by atoms with E-state index in [2.05, 4.69) is 4.98 Å². The first kappa shape index (κ1) is 11.5. The van der Waals surface area contributed by atoms with Crippen molar-refractivity contribution in [2.45, 2.75) is 25.4 Å². The molecule has 88 valence electrons. The molecule has 1 fully saturated rings. The van der Waals surface area contributed by atoms with Gasteiger partial charge in [0.2, 0.25) is 0 Å². The molecule has 1 aromatic rings. The molecule has 1 amide bonds. The van der Waals surface area contributed by atoms with E-state index in [1.54, 1.807) is 10.3 Å². The number of nitrogens with zero attached hydrogens (tertiary/aromatic N) is 2. The Bertz CT molecular complexity index is 380. The quantitative estimate of drug-likeness (QED) is 0.792. The predicted molar refractivity (Wildman–Crippen MR) is 61.1 cm³/mol. The highest BCUT2D eigenvalue weighted by Crippen LogP contribution is 2.20. The highest BCUT2D eigenvalue weighted by molar-refractivity contribution is 7.09. The molecule has 0 aliphatic carbocycles. The van der Waals surface area contributed by atoms with E-state index in [9.17, 15) is 4.79 Å². The molecule has 0 aromatic carbocycles. The molecular formula is C10H15N3O2S. The summed E-state index contributed by atoms with van der Waals surface area (Å²) in [6, 6.07) is -0.0458. The first-order chi connectivity index (χ1) is 7.76. The molecule has 0 saturated carbocycles. The van der Waals surface area contributed by atoms with E-state index < -0.39 is 0 Å². The molecule has 3 N–H and O–H groups in total. The average molecular weight is 241 g/mol. The molecule has 2 rings (SSSR count). The number of carbonyl (C=O) groups excluding carboxylic acids is 1. The van der Waals surface area contributed by atoms with Gasteiger partial charge in [0.15, 0.2) is 0 Å². The van der Waals surface area contributed by atoms with Crippen LogP contribution in [0.3, 0.4) is 0 Å². The third kappa shape index (κ3) is 2.09. The molecule has 1 aliphatic heterocycles. The van der Waals surface area contributed by atoms with Gasteiger partial charge >= 0.3 is 0 Å². The topological polar surface area (TPSA) is 79.5 Å². The van der Waals surface area contributed by atoms with Crippen LogP contribution in [0.2, 0.25) is 0 Å². The number of aliphatic hydroxyl groups excluding tert-OH is 1. The number of carbonyl (C=O) groups is 1. The van der Waals surface area contributed by atoms with E-state index in [-0.39, 0.29) is 18.6 Å². The number of nitrogens with two attached hydrogens (primary N) is 1. The normalized spacial score (nSPS) is 20.4. The zero-order chi connectivity index (χ0) is 11.5. The maximum atomic E-state index is 12.1. The van der Waals surface area contributed by atoms with E-state index in [0.717, 1.165) is 17.8 Å². The predicted octanol–water partition coefficient (Wildman–Crippen LogP) is 0.199. The van der Waals surface area contributed by atoms with Gasteiger partial charge in [-0.15, -0.1) is 11.3 Å². The summed E-state index contributed by atoms with van der Waals surface area (Å²) in [6.45, 7) is 1.10. The van der Waals surface area contributed by atoms with Crippen molar-refractivity contribution >= 4 is 17.2 Å². The molecule has 1 saturated heterocycles. The van der Waals surface area contributed by atoms with Gasteiger partial charge in [-0.1, -0.05) is 0 Å². The molecule has 1 aliphatic rings. The number of rotatable bonds is 3. The van der Waals surface area contributed by atoms with Gasteiger partial charge in [-0.25, -0.2) is 4.98 Å². The third-order valence-corrected chi connectivity index (χ3v) is 3.67. The van der Waals surface area contributed by atoms with Crippen LogP contribution in [0.25, 0.3) is 0 Å². The molecule has 1 unspecified atom stereocenters. The summed E-state index contributed by atoms with van der Waals surface area (Å²) in [6.07, 6.45) is 1.82.